The van der Waals surface area contributed by atoms with Gasteiger partial charge in [0, 0.05) is 0 Å². The summed E-state index contributed by atoms with van der Waals surface area (Å²) in [7, 11) is 0. The summed E-state index contributed by atoms with van der Waals surface area (Å²) in [6, 6.07) is 0. The van der Waals surface area contributed by atoms with E-state index >= 15 is 0 Å². The van der Waals surface area contributed by atoms with Gasteiger partial charge in [0.2, 0.25) is 0 Å². The standard InChI is InChI=1S/C14H29B.6CH3.2Sn/c1-10(2)14(9,11(3)4)15(12(5)6)13(7)8;;;;;;;;/h9-13H,1-8H3;6*1H3;;. The van der Waals surface area contributed by atoms with E-state index in [2.05, 4.69) is 85.0 Å². The van der Waals surface area contributed by atoms with Gasteiger partial charge in [-0.1, -0.05) is 0 Å². The number of rotatable bonds is 8. The fraction of sp³-hybridized carbons (Fsp3) is 1.00. The maximum atomic E-state index is 2.73. The molecule has 0 radical (unpaired) electrons. The van der Waals surface area contributed by atoms with Crippen molar-refractivity contribution in [1.82, 2.24) is 0 Å². The van der Waals surface area contributed by atoms with Gasteiger partial charge in [0.25, 0.3) is 0 Å². The molecule has 0 fully saturated rings. The molecule has 0 unspecified atom stereocenters. The van der Waals surface area contributed by atoms with Crippen LogP contribution in [0.3, 0.4) is 0 Å². The summed E-state index contributed by atoms with van der Waals surface area (Å²) in [5, 5.41) is 0.533. The van der Waals surface area contributed by atoms with Gasteiger partial charge < -0.3 is 0 Å². The topological polar surface area (TPSA) is 0 Å². The van der Waals surface area contributed by atoms with E-state index in [9.17, 15) is 0 Å². The third-order valence-corrected chi connectivity index (χ3v) is 52.1. The molecule has 0 aliphatic heterocycles. The molecule has 0 aliphatic carbocycles. The summed E-state index contributed by atoms with van der Waals surface area (Å²) in [4.78, 5) is 16.4. The average Bonchev–Trinajstić information content (AvgIpc) is 2.21. The molecule has 0 aromatic carbocycles. The third-order valence-electron chi connectivity index (χ3n) is 6.25. The van der Waals surface area contributed by atoms with E-state index < -0.39 is 36.8 Å². The van der Waals surface area contributed by atoms with E-state index in [1.807, 2.05) is 0 Å². The SMILES string of the molecule is CC(C)B(C(C)C)C(C(C)C)(C(C)C)[CH]([Sn]([CH3])([CH3])[CH3])[Sn]([CH3])([CH3])[CH3]. The van der Waals surface area contributed by atoms with E-state index in [1.54, 1.807) is 0 Å². The molecule has 0 aromatic heterocycles. The van der Waals surface area contributed by atoms with Gasteiger partial charge >= 0.3 is 159 Å². The second-order valence-electron chi connectivity index (χ2n) is 11.5. The monoisotopic (exact) mass is 538 g/mol. The fourth-order valence-electron chi connectivity index (χ4n) is 7.02. The Morgan fingerprint density at radius 1 is 0.565 bits per heavy atom. The molecule has 0 nitrogen and oxygen atoms in total. The zero-order chi connectivity index (χ0) is 19.0. The van der Waals surface area contributed by atoms with Crippen LogP contribution in [0.1, 0.15) is 55.4 Å². The van der Waals surface area contributed by atoms with Crippen LogP contribution < -0.4 is 0 Å². The van der Waals surface area contributed by atoms with Crippen LogP contribution in [0.25, 0.3) is 0 Å². The Labute approximate surface area is 158 Å². The average molecular weight is 536 g/mol. The van der Waals surface area contributed by atoms with E-state index in [0.717, 1.165) is 32.1 Å². The molecule has 0 saturated carbocycles. The Morgan fingerprint density at radius 2 is 0.826 bits per heavy atom. The number of hydrogen-bond donors (Lipinski definition) is 0. The molecule has 0 amide bonds. The summed E-state index contributed by atoms with van der Waals surface area (Å²) in [5.74, 6) is 3.14. The molecule has 0 heterocycles. The van der Waals surface area contributed by atoms with Crippen LogP contribution in [0.5, 0.6) is 0 Å². The second kappa shape index (κ2) is 8.57. The van der Waals surface area contributed by atoms with E-state index in [0.29, 0.717) is 5.31 Å². The predicted octanol–water partition coefficient (Wildman–Crippen LogP) is 7.94. The third kappa shape index (κ3) is 5.33. The van der Waals surface area contributed by atoms with Gasteiger partial charge in [-0.2, -0.15) is 0 Å². The first-order chi connectivity index (χ1) is 10.0. The molecule has 0 bridgehead atoms. The quantitative estimate of drug-likeness (QED) is 0.277. The van der Waals surface area contributed by atoms with E-state index in [1.165, 1.54) is 0 Å². The van der Waals surface area contributed by atoms with Crippen molar-refractivity contribution in [2.75, 3.05) is 0 Å². The Kier molecular flexibility index (Phi) is 9.19. The van der Waals surface area contributed by atoms with Gasteiger partial charge in [0.1, 0.15) is 0 Å². The minimum absolute atomic E-state index is 0.533. The van der Waals surface area contributed by atoms with Crippen molar-refractivity contribution in [1.29, 1.82) is 0 Å². The summed E-state index contributed by atoms with van der Waals surface area (Å²) < 4.78 is 1.10. The first-order valence-electron chi connectivity index (χ1n) is 10.0. The van der Waals surface area contributed by atoms with Crippen molar-refractivity contribution in [2.45, 2.75) is 104 Å². The zero-order valence-electron chi connectivity index (χ0n) is 19.0. The number of hydrogen-bond acceptors (Lipinski definition) is 0. The van der Waals surface area contributed by atoms with Gasteiger partial charge in [-0.25, -0.2) is 0 Å². The molecule has 0 N–H and O–H groups in total. The molecular formula is C20H47BSn2. The Bertz CT molecular complexity index is 329. The Hall–Kier alpha value is 1.66. The summed E-state index contributed by atoms with van der Waals surface area (Å²) >= 11 is -4.17. The van der Waals surface area contributed by atoms with Crippen molar-refractivity contribution in [3.8, 4) is 0 Å². The van der Waals surface area contributed by atoms with Crippen LogP contribution in [0.4, 0.5) is 0 Å². The van der Waals surface area contributed by atoms with Crippen molar-refractivity contribution >= 4 is 43.5 Å². The van der Waals surface area contributed by atoms with E-state index in [4.69, 9.17) is 0 Å². The molecule has 0 rings (SSSR count). The molecule has 0 aromatic rings. The van der Waals surface area contributed by atoms with Crippen LogP contribution in [0.15, 0.2) is 0 Å². The van der Waals surface area contributed by atoms with Crippen LogP contribution in [0, 0.1) is 11.8 Å². The van der Waals surface area contributed by atoms with Crippen LogP contribution in [-0.2, 0) is 0 Å². The first kappa shape index (κ1) is 24.7. The molecule has 0 saturated heterocycles. The van der Waals surface area contributed by atoms with Crippen LogP contribution in [0.2, 0.25) is 48.5 Å². The zero-order valence-corrected chi connectivity index (χ0v) is 24.7. The molecule has 0 aliphatic rings. The van der Waals surface area contributed by atoms with E-state index in [-0.39, 0.29) is 0 Å². The maximum absolute atomic E-state index is 2.73. The summed E-state index contributed by atoms with van der Waals surface area (Å²) in [6.07, 6.45) is 0. The molecule has 3 heteroatoms. The van der Waals surface area contributed by atoms with Gasteiger partial charge in [-0.15, -0.1) is 0 Å². The van der Waals surface area contributed by atoms with Crippen LogP contribution >= 0.6 is 0 Å². The molecule has 138 valence electrons. The van der Waals surface area contributed by atoms with Gasteiger partial charge in [-0.3, -0.25) is 0 Å². The summed E-state index contributed by atoms with van der Waals surface area (Å²) in [5.41, 5.74) is 0. The van der Waals surface area contributed by atoms with Crippen molar-refractivity contribution in [3.63, 3.8) is 0 Å². The van der Waals surface area contributed by atoms with Gasteiger partial charge in [0.05, 0.1) is 0 Å². The molecule has 23 heavy (non-hydrogen) atoms. The first-order valence-corrected chi connectivity index (χ1v) is 30.4. The van der Waals surface area contributed by atoms with Crippen molar-refractivity contribution in [3.05, 3.63) is 0 Å². The molecule has 0 spiro atoms. The van der Waals surface area contributed by atoms with Crippen molar-refractivity contribution < 1.29 is 0 Å². The van der Waals surface area contributed by atoms with Crippen LogP contribution in [-0.4, -0.2) is 43.5 Å². The fourth-order valence-corrected chi connectivity index (χ4v) is 77.6. The van der Waals surface area contributed by atoms with Gasteiger partial charge in [-0.05, 0) is 0 Å². The molecular weight excluding hydrogens is 488 g/mol. The predicted molar refractivity (Wildman–Crippen MR) is 119 cm³/mol. The Morgan fingerprint density at radius 3 is 0.957 bits per heavy atom. The van der Waals surface area contributed by atoms with Gasteiger partial charge in [0.15, 0.2) is 0 Å². The normalized spacial score (nSPS) is 14.7. The second-order valence-corrected chi connectivity index (χ2v) is 46.5. The molecule has 0 atom stereocenters. The Balaban J connectivity index is 6.78. The minimum atomic E-state index is -2.08. The summed E-state index contributed by atoms with van der Waals surface area (Å²) in [6.45, 7) is 21.1. The van der Waals surface area contributed by atoms with Crippen molar-refractivity contribution in [2.24, 2.45) is 11.8 Å².